The summed E-state index contributed by atoms with van der Waals surface area (Å²) in [5.74, 6) is 0.633. The molecule has 0 saturated heterocycles. The van der Waals surface area contributed by atoms with E-state index in [1.165, 1.54) is 9.13 Å². The van der Waals surface area contributed by atoms with E-state index in [-0.39, 0.29) is 17.8 Å². The third kappa shape index (κ3) is 3.35. The van der Waals surface area contributed by atoms with Gasteiger partial charge < -0.3 is 9.47 Å². The van der Waals surface area contributed by atoms with Gasteiger partial charge in [-0.25, -0.2) is 4.79 Å². The molecule has 0 amide bonds. The van der Waals surface area contributed by atoms with Crippen LogP contribution in [-0.4, -0.2) is 25.7 Å². The van der Waals surface area contributed by atoms with Crippen molar-refractivity contribution in [3.05, 3.63) is 92.6 Å². The minimum absolute atomic E-state index is 0.225. The average Bonchev–Trinajstić information content (AvgIpc) is 3.09. The van der Waals surface area contributed by atoms with Crippen molar-refractivity contribution in [2.75, 3.05) is 11.9 Å². The zero-order chi connectivity index (χ0) is 20.5. The highest BCUT2D eigenvalue weighted by molar-refractivity contribution is 5.74. The van der Waals surface area contributed by atoms with Gasteiger partial charge in [-0.05, 0) is 11.1 Å². The Hall–Kier alpha value is -3.61. The van der Waals surface area contributed by atoms with Crippen molar-refractivity contribution in [3.8, 4) is 0 Å². The molecule has 148 valence electrons. The van der Waals surface area contributed by atoms with E-state index in [4.69, 9.17) is 0 Å². The van der Waals surface area contributed by atoms with Crippen molar-refractivity contribution in [3.63, 3.8) is 0 Å². The molecular weight excluding hydrogens is 366 g/mol. The van der Waals surface area contributed by atoms with Crippen LogP contribution in [0, 0.1) is 0 Å². The first kappa shape index (κ1) is 18.7. The van der Waals surface area contributed by atoms with Gasteiger partial charge in [0, 0.05) is 27.7 Å². The molecule has 2 aromatic carbocycles. The van der Waals surface area contributed by atoms with Crippen LogP contribution in [0.1, 0.15) is 11.1 Å². The summed E-state index contributed by atoms with van der Waals surface area (Å²) < 4.78 is 4.47. The van der Waals surface area contributed by atoms with Crippen LogP contribution in [0.15, 0.2) is 70.3 Å². The molecule has 4 aromatic rings. The summed E-state index contributed by atoms with van der Waals surface area (Å²) >= 11 is 0. The van der Waals surface area contributed by atoms with Gasteiger partial charge in [0.05, 0.1) is 6.54 Å². The molecule has 0 aliphatic rings. The number of anilines is 1. The molecule has 7 heteroatoms. The fourth-order valence-corrected chi connectivity index (χ4v) is 3.61. The Bertz CT molecular complexity index is 1270. The van der Waals surface area contributed by atoms with Gasteiger partial charge in [0.15, 0.2) is 11.2 Å². The summed E-state index contributed by atoms with van der Waals surface area (Å²) in [6, 6.07) is 19.5. The molecule has 2 aromatic heterocycles. The molecule has 0 fully saturated rings. The highest BCUT2D eigenvalue weighted by Crippen LogP contribution is 2.18. The molecule has 0 radical (unpaired) electrons. The maximum Gasteiger partial charge on any atom is 0.332 e. The van der Waals surface area contributed by atoms with Crippen LogP contribution >= 0.6 is 0 Å². The van der Waals surface area contributed by atoms with E-state index in [9.17, 15) is 9.59 Å². The van der Waals surface area contributed by atoms with Gasteiger partial charge in [0.25, 0.3) is 5.56 Å². The Kier molecular flexibility index (Phi) is 4.80. The molecule has 0 unspecified atom stereocenters. The SMILES string of the molecule is CN(Cc1ccccc1)c1nc2c(c(=O)n(Cc3ccccc3)c(=O)n2C)n1C. The Morgan fingerprint density at radius 2 is 1.45 bits per heavy atom. The summed E-state index contributed by atoms with van der Waals surface area (Å²) in [6.45, 7) is 0.868. The summed E-state index contributed by atoms with van der Waals surface area (Å²) in [7, 11) is 5.39. The molecule has 0 atom stereocenters. The molecule has 2 heterocycles. The first-order valence-corrected chi connectivity index (χ1v) is 9.42. The van der Waals surface area contributed by atoms with Gasteiger partial charge in [-0.3, -0.25) is 13.9 Å². The molecule has 29 heavy (non-hydrogen) atoms. The highest BCUT2D eigenvalue weighted by Gasteiger charge is 2.20. The number of aromatic nitrogens is 4. The van der Waals surface area contributed by atoms with Crippen LogP contribution in [0.5, 0.6) is 0 Å². The van der Waals surface area contributed by atoms with E-state index in [1.807, 2.05) is 79.7 Å². The number of rotatable bonds is 5. The summed E-state index contributed by atoms with van der Waals surface area (Å²) in [5.41, 5.74) is 2.13. The lowest BCUT2D eigenvalue weighted by Gasteiger charge is -2.18. The maximum atomic E-state index is 13.2. The van der Waals surface area contributed by atoms with Crippen molar-refractivity contribution in [1.82, 2.24) is 18.7 Å². The first-order valence-electron chi connectivity index (χ1n) is 9.42. The average molecular weight is 389 g/mol. The molecule has 0 N–H and O–H groups in total. The monoisotopic (exact) mass is 389 g/mol. The smallest absolute Gasteiger partial charge is 0.332 e. The lowest BCUT2D eigenvalue weighted by molar-refractivity contribution is 0.655. The van der Waals surface area contributed by atoms with Gasteiger partial charge in [-0.1, -0.05) is 60.7 Å². The van der Waals surface area contributed by atoms with Gasteiger partial charge >= 0.3 is 5.69 Å². The van der Waals surface area contributed by atoms with E-state index in [2.05, 4.69) is 4.98 Å². The lowest BCUT2D eigenvalue weighted by atomic mass is 10.2. The molecule has 0 spiro atoms. The van der Waals surface area contributed by atoms with Crippen molar-refractivity contribution >= 4 is 17.1 Å². The third-order valence-electron chi connectivity index (χ3n) is 5.12. The number of aryl methyl sites for hydroxylation is 2. The van der Waals surface area contributed by atoms with E-state index in [1.54, 1.807) is 11.6 Å². The Morgan fingerprint density at radius 3 is 2.07 bits per heavy atom. The number of fused-ring (bicyclic) bond motifs is 1. The van der Waals surface area contributed by atoms with Crippen LogP contribution in [0.25, 0.3) is 11.2 Å². The zero-order valence-electron chi connectivity index (χ0n) is 16.7. The van der Waals surface area contributed by atoms with Crippen molar-refractivity contribution < 1.29 is 0 Å². The van der Waals surface area contributed by atoms with Crippen LogP contribution < -0.4 is 16.1 Å². The number of nitrogens with zero attached hydrogens (tertiary/aromatic N) is 5. The second-order valence-electron chi connectivity index (χ2n) is 7.20. The van der Waals surface area contributed by atoms with Crippen LogP contribution in [0.2, 0.25) is 0 Å². The predicted octanol–water partition coefficient (Wildman–Crippen LogP) is 2.12. The fourth-order valence-electron chi connectivity index (χ4n) is 3.61. The normalized spacial score (nSPS) is 11.1. The van der Waals surface area contributed by atoms with Crippen LogP contribution in [0.4, 0.5) is 5.95 Å². The van der Waals surface area contributed by atoms with Gasteiger partial charge in [-0.2, -0.15) is 4.98 Å². The second-order valence-corrected chi connectivity index (χ2v) is 7.20. The van der Waals surface area contributed by atoms with E-state index < -0.39 is 0 Å². The summed E-state index contributed by atoms with van der Waals surface area (Å²) in [4.78, 5) is 32.6. The molecule has 0 bridgehead atoms. The van der Waals surface area contributed by atoms with Crippen molar-refractivity contribution in [1.29, 1.82) is 0 Å². The Morgan fingerprint density at radius 1 is 0.862 bits per heavy atom. The predicted molar refractivity (Wildman–Crippen MR) is 114 cm³/mol. The quantitative estimate of drug-likeness (QED) is 0.524. The zero-order valence-corrected chi connectivity index (χ0v) is 16.7. The maximum absolute atomic E-state index is 13.2. The van der Waals surface area contributed by atoms with E-state index in [0.717, 1.165) is 11.1 Å². The molecule has 0 saturated carbocycles. The number of hydrogen-bond donors (Lipinski definition) is 0. The van der Waals surface area contributed by atoms with Gasteiger partial charge in [0.2, 0.25) is 5.95 Å². The number of imidazole rings is 1. The van der Waals surface area contributed by atoms with Crippen molar-refractivity contribution in [2.45, 2.75) is 13.1 Å². The molecule has 0 aliphatic carbocycles. The minimum Gasteiger partial charge on any atom is -0.341 e. The number of hydrogen-bond acceptors (Lipinski definition) is 4. The summed E-state index contributed by atoms with van der Waals surface area (Å²) in [6.07, 6.45) is 0. The lowest BCUT2D eigenvalue weighted by Crippen LogP contribution is -2.39. The molecule has 4 rings (SSSR count). The van der Waals surface area contributed by atoms with Gasteiger partial charge in [0.1, 0.15) is 0 Å². The first-order chi connectivity index (χ1) is 14.0. The largest absolute Gasteiger partial charge is 0.341 e. The van der Waals surface area contributed by atoms with Crippen LogP contribution in [-0.2, 0) is 27.2 Å². The van der Waals surface area contributed by atoms with Gasteiger partial charge in [-0.15, -0.1) is 0 Å². The minimum atomic E-state index is -0.373. The third-order valence-corrected chi connectivity index (χ3v) is 5.12. The van der Waals surface area contributed by atoms with E-state index in [0.29, 0.717) is 23.7 Å². The standard InChI is InChI=1S/C22H23N5O2/c1-24(14-16-10-6-4-7-11-16)21-23-19-18(25(21)2)20(28)27(22(29)26(19)3)15-17-12-8-5-9-13-17/h4-13H,14-15H2,1-3H3. The molecule has 0 aliphatic heterocycles. The van der Waals surface area contributed by atoms with E-state index >= 15 is 0 Å². The summed E-state index contributed by atoms with van der Waals surface area (Å²) in [5, 5.41) is 0. The Balaban J connectivity index is 1.81. The molecular formula is C22H23N5O2. The highest BCUT2D eigenvalue weighted by atomic mass is 16.2. The Labute approximate surface area is 168 Å². The molecule has 7 nitrogen and oxygen atoms in total. The topological polar surface area (TPSA) is 65.1 Å². The van der Waals surface area contributed by atoms with Crippen molar-refractivity contribution in [2.24, 2.45) is 14.1 Å². The second kappa shape index (κ2) is 7.43. The fraction of sp³-hybridized carbons (Fsp3) is 0.227. The van der Waals surface area contributed by atoms with Crippen LogP contribution in [0.3, 0.4) is 0 Å². The number of benzene rings is 2.